The first-order valence-electron chi connectivity index (χ1n) is 6.91. The minimum atomic E-state index is -0.751. The summed E-state index contributed by atoms with van der Waals surface area (Å²) in [6, 6.07) is 3.13. The predicted octanol–water partition coefficient (Wildman–Crippen LogP) is 2.88. The zero-order valence-electron chi connectivity index (χ0n) is 11.8. The molecule has 1 N–H and O–H groups in total. The van der Waals surface area contributed by atoms with Gasteiger partial charge in [-0.2, -0.15) is 0 Å². The van der Waals surface area contributed by atoms with E-state index in [-0.39, 0.29) is 18.1 Å². The number of anilines is 1. The third-order valence-electron chi connectivity index (χ3n) is 3.52. The van der Waals surface area contributed by atoms with Crippen LogP contribution in [0.3, 0.4) is 0 Å². The van der Waals surface area contributed by atoms with Crippen molar-refractivity contribution in [1.29, 1.82) is 0 Å². The Labute approximate surface area is 118 Å². The number of nitrogens with zero attached hydrogens (tertiary/aromatic N) is 1. The normalized spacial score (nSPS) is 23.6. The van der Waals surface area contributed by atoms with Crippen molar-refractivity contribution in [3.8, 4) is 0 Å². The predicted molar refractivity (Wildman–Crippen MR) is 74.4 cm³/mol. The van der Waals surface area contributed by atoms with Gasteiger partial charge in [0.1, 0.15) is 11.6 Å². The summed E-state index contributed by atoms with van der Waals surface area (Å²) >= 11 is 0. The van der Waals surface area contributed by atoms with Crippen LogP contribution < -0.4 is 5.32 Å². The molecule has 0 unspecified atom stereocenters. The van der Waals surface area contributed by atoms with Crippen LogP contribution in [-0.4, -0.2) is 30.4 Å². The number of hydrogen-bond donors (Lipinski definition) is 1. The molecule has 1 aromatic carbocycles. The average molecular weight is 282 g/mol. The fourth-order valence-electron chi connectivity index (χ4n) is 2.90. The molecule has 1 aromatic rings. The Hall–Kier alpha value is -1.49. The van der Waals surface area contributed by atoms with Crippen molar-refractivity contribution in [3.63, 3.8) is 0 Å². The van der Waals surface area contributed by atoms with Crippen molar-refractivity contribution in [2.75, 3.05) is 25.0 Å². The van der Waals surface area contributed by atoms with E-state index in [1.54, 1.807) is 0 Å². The fourth-order valence-corrected chi connectivity index (χ4v) is 2.90. The molecule has 0 radical (unpaired) electrons. The number of amides is 1. The molecule has 2 rings (SSSR count). The molecule has 0 bridgehead atoms. The van der Waals surface area contributed by atoms with Gasteiger partial charge in [-0.15, -0.1) is 0 Å². The standard InChI is InChI=1S/C15H20F2N2O/c1-10-5-11(2)8-19(7-10)9-15(20)18-14-4-3-12(16)6-13(14)17/h3-4,6,10-11H,5,7-9H2,1-2H3,(H,18,20)/t10-,11-/m0/s1. The molecule has 20 heavy (non-hydrogen) atoms. The van der Waals surface area contributed by atoms with E-state index >= 15 is 0 Å². The van der Waals surface area contributed by atoms with Crippen LogP contribution in [0.1, 0.15) is 20.3 Å². The van der Waals surface area contributed by atoms with Crippen LogP contribution in [0.4, 0.5) is 14.5 Å². The molecule has 1 heterocycles. The number of hydrogen-bond acceptors (Lipinski definition) is 2. The minimum absolute atomic E-state index is 0.0227. The second kappa shape index (κ2) is 6.31. The monoisotopic (exact) mass is 282 g/mol. The van der Waals surface area contributed by atoms with Gasteiger partial charge in [-0.25, -0.2) is 8.78 Å². The van der Waals surface area contributed by atoms with Gasteiger partial charge in [0.05, 0.1) is 12.2 Å². The molecule has 1 saturated heterocycles. The summed E-state index contributed by atoms with van der Waals surface area (Å²) in [5.41, 5.74) is 0.0227. The first-order chi connectivity index (χ1) is 9.44. The Bertz CT molecular complexity index is 483. The number of carbonyl (C=O) groups is 1. The van der Waals surface area contributed by atoms with Crippen LogP contribution in [0.2, 0.25) is 0 Å². The molecule has 5 heteroatoms. The zero-order valence-corrected chi connectivity index (χ0v) is 11.8. The van der Waals surface area contributed by atoms with Crippen LogP contribution in [-0.2, 0) is 4.79 Å². The number of likely N-dealkylation sites (tertiary alicyclic amines) is 1. The molecular formula is C15H20F2N2O. The smallest absolute Gasteiger partial charge is 0.238 e. The van der Waals surface area contributed by atoms with Crippen molar-refractivity contribution >= 4 is 11.6 Å². The summed E-state index contributed by atoms with van der Waals surface area (Å²) in [6.45, 7) is 6.33. The average Bonchev–Trinajstić information content (AvgIpc) is 2.31. The van der Waals surface area contributed by atoms with Crippen LogP contribution in [0, 0.1) is 23.5 Å². The minimum Gasteiger partial charge on any atom is -0.322 e. The Kier molecular flexibility index (Phi) is 4.70. The summed E-state index contributed by atoms with van der Waals surface area (Å²) in [6.07, 6.45) is 1.17. The van der Waals surface area contributed by atoms with Crippen LogP contribution in [0.5, 0.6) is 0 Å². The summed E-state index contributed by atoms with van der Waals surface area (Å²) in [7, 11) is 0. The van der Waals surface area contributed by atoms with E-state index < -0.39 is 11.6 Å². The van der Waals surface area contributed by atoms with Crippen LogP contribution in [0.25, 0.3) is 0 Å². The van der Waals surface area contributed by atoms with Gasteiger partial charge in [0, 0.05) is 19.2 Å². The Morgan fingerprint density at radius 2 is 1.95 bits per heavy atom. The third-order valence-corrected chi connectivity index (χ3v) is 3.52. The molecule has 110 valence electrons. The van der Waals surface area contributed by atoms with Gasteiger partial charge in [-0.05, 0) is 30.4 Å². The van der Waals surface area contributed by atoms with E-state index in [0.717, 1.165) is 25.2 Å². The van der Waals surface area contributed by atoms with Crippen LogP contribution in [0.15, 0.2) is 18.2 Å². The molecular weight excluding hydrogens is 262 g/mol. The molecule has 0 aromatic heterocycles. The van der Waals surface area contributed by atoms with Gasteiger partial charge in [-0.1, -0.05) is 13.8 Å². The number of carbonyl (C=O) groups excluding carboxylic acids is 1. The van der Waals surface area contributed by atoms with Crippen molar-refractivity contribution < 1.29 is 13.6 Å². The highest BCUT2D eigenvalue weighted by molar-refractivity contribution is 5.92. The lowest BCUT2D eigenvalue weighted by atomic mass is 9.92. The van der Waals surface area contributed by atoms with E-state index in [1.807, 2.05) is 0 Å². The molecule has 1 fully saturated rings. The largest absolute Gasteiger partial charge is 0.322 e. The number of benzene rings is 1. The summed E-state index contributed by atoms with van der Waals surface area (Å²) < 4.78 is 26.2. The van der Waals surface area contributed by atoms with Gasteiger partial charge in [0.2, 0.25) is 5.91 Å². The highest BCUT2D eigenvalue weighted by Crippen LogP contribution is 2.21. The third kappa shape index (κ3) is 4.00. The van der Waals surface area contributed by atoms with E-state index in [4.69, 9.17) is 0 Å². The van der Waals surface area contributed by atoms with Gasteiger partial charge < -0.3 is 5.32 Å². The van der Waals surface area contributed by atoms with Gasteiger partial charge in [0.25, 0.3) is 0 Å². The van der Waals surface area contributed by atoms with Crippen molar-refractivity contribution in [2.24, 2.45) is 11.8 Å². The van der Waals surface area contributed by atoms with Gasteiger partial charge in [-0.3, -0.25) is 9.69 Å². The fraction of sp³-hybridized carbons (Fsp3) is 0.533. The summed E-state index contributed by atoms with van der Waals surface area (Å²) in [4.78, 5) is 14.0. The number of piperidine rings is 1. The second-order valence-corrected chi connectivity index (χ2v) is 5.81. The Morgan fingerprint density at radius 3 is 2.55 bits per heavy atom. The maximum atomic E-state index is 13.4. The highest BCUT2D eigenvalue weighted by Gasteiger charge is 2.23. The lowest BCUT2D eigenvalue weighted by Gasteiger charge is -2.34. The zero-order chi connectivity index (χ0) is 14.7. The van der Waals surface area contributed by atoms with E-state index in [2.05, 4.69) is 24.1 Å². The molecule has 2 atom stereocenters. The number of rotatable bonds is 3. The first kappa shape index (κ1) is 14.9. The van der Waals surface area contributed by atoms with E-state index in [9.17, 15) is 13.6 Å². The maximum absolute atomic E-state index is 13.4. The van der Waals surface area contributed by atoms with Crippen molar-refractivity contribution in [2.45, 2.75) is 20.3 Å². The second-order valence-electron chi connectivity index (χ2n) is 5.81. The number of nitrogens with one attached hydrogen (secondary N) is 1. The summed E-state index contributed by atoms with van der Waals surface area (Å²) in [5.74, 6) is -0.544. The SMILES string of the molecule is C[C@H]1C[C@H](C)CN(CC(=O)Nc2ccc(F)cc2F)C1. The molecule has 0 saturated carbocycles. The molecule has 0 spiro atoms. The van der Waals surface area contributed by atoms with E-state index in [1.165, 1.54) is 12.5 Å². The quantitative estimate of drug-likeness (QED) is 0.924. The maximum Gasteiger partial charge on any atom is 0.238 e. The van der Waals surface area contributed by atoms with Gasteiger partial charge in [0.15, 0.2) is 0 Å². The van der Waals surface area contributed by atoms with Crippen molar-refractivity contribution in [3.05, 3.63) is 29.8 Å². The van der Waals surface area contributed by atoms with E-state index in [0.29, 0.717) is 11.8 Å². The number of halogens is 2. The van der Waals surface area contributed by atoms with Gasteiger partial charge >= 0.3 is 0 Å². The molecule has 1 aliphatic rings. The molecule has 1 amide bonds. The molecule has 3 nitrogen and oxygen atoms in total. The Morgan fingerprint density at radius 1 is 1.30 bits per heavy atom. The van der Waals surface area contributed by atoms with Crippen LogP contribution >= 0.6 is 0 Å². The first-order valence-corrected chi connectivity index (χ1v) is 6.91. The lowest BCUT2D eigenvalue weighted by Crippen LogP contribution is -2.42. The Balaban J connectivity index is 1.92. The van der Waals surface area contributed by atoms with Crippen molar-refractivity contribution in [1.82, 2.24) is 4.90 Å². The highest BCUT2D eigenvalue weighted by atomic mass is 19.1. The summed E-state index contributed by atoms with van der Waals surface area (Å²) in [5, 5.41) is 2.49. The topological polar surface area (TPSA) is 32.3 Å². The lowest BCUT2D eigenvalue weighted by molar-refractivity contribution is -0.117. The molecule has 1 aliphatic heterocycles. The molecule has 0 aliphatic carbocycles.